The summed E-state index contributed by atoms with van der Waals surface area (Å²) >= 11 is 0. The molecule has 0 bridgehead atoms. The predicted octanol–water partition coefficient (Wildman–Crippen LogP) is 3.04. The van der Waals surface area contributed by atoms with Crippen LogP contribution in [-0.4, -0.2) is 16.5 Å². The van der Waals surface area contributed by atoms with Crippen molar-refractivity contribution in [3.8, 4) is 0 Å². The van der Waals surface area contributed by atoms with E-state index in [4.69, 9.17) is 0 Å². The molecule has 0 fully saturated rings. The number of nitrogens with one attached hydrogen (secondary N) is 1. The van der Waals surface area contributed by atoms with Gasteiger partial charge in [0.05, 0.1) is 5.69 Å². The maximum Gasteiger partial charge on any atom is 0.186 e. The van der Waals surface area contributed by atoms with E-state index in [1.807, 2.05) is 27.7 Å². The Morgan fingerprint density at radius 1 is 1.25 bits per heavy atom. The lowest BCUT2D eigenvalue weighted by atomic mass is 9.95. The Balaban J connectivity index is 3.12. The lowest BCUT2D eigenvalue weighted by Gasteiger charge is -2.18. The molecule has 1 rings (SSSR count). The van der Waals surface area contributed by atoms with Crippen LogP contribution in [0.25, 0.3) is 0 Å². The molecular formula is C12H20FN3. The molecule has 0 amide bonds. The Morgan fingerprint density at radius 3 is 2.38 bits per heavy atom. The van der Waals surface area contributed by atoms with Crippen LogP contribution in [0.2, 0.25) is 0 Å². The molecule has 0 spiro atoms. The largest absolute Gasteiger partial charge is 0.368 e. The summed E-state index contributed by atoms with van der Waals surface area (Å²) in [5, 5.41) is 2.99. The van der Waals surface area contributed by atoms with E-state index in [2.05, 4.69) is 15.3 Å². The zero-order valence-corrected chi connectivity index (χ0v) is 10.7. The molecule has 0 saturated carbocycles. The van der Waals surface area contributed by atoms with Crippen molar-refractivity contribution >= 4 is 5.82 Å². The third-order valence-electron chi connectivity index (χ3n) is 2.23. The van der Waals surface area contributed by atoms with Crippen LogP contribution in [0.4, 0.5) is 10.2 Å². The molecule has 0 aliphatic heterocycles. The lowest BCUT2D eigenvalue weighted by molar-refractivity contribution is 0.526. The van der Waals surface area contributed by atoms with Crippen LogP contribution in [0.15, 0.2) is 0 Å². The third kappa shape index (κ3) is 2.90. The van der Waals surface area contributed by atoms with E-state index < -0.39 is 0 Å². The first-order valence-corrected chi connectivity index (χ1v) is 5.64. The van der Waals surface area contributed by atoms with E-state index in [-0.39, 0.29) is 11.2 Å². The zero-order chi connectivity index (χ0) is 12.3. The SMILES string of the molecule is CCCNc1nc(C(C)(C)C)nc(C)c1F. The van der Waals surface area contributed by atoms with Gasteiger partial charge in [0, 0.05) is 12.0 Å². The van der Waals surface area contributed by atoms with E-state index in [0.29, 0.717) is 17.3 Å². The Kier molecular flexibility index (Phi) is 3.83. The highest BCUT2D eigenvalue weighted by molar-refractivity contribution is 5.38. The smallest absolute Gasteiger partial charge is 0.186 e. The van der Waals surface area contributed by atoms with Gasteiger partial charge in [0.1, 0.15) is 5.82 Å². The van der Waals surface area contributed by atoms with Crippen molar-refractivity contribution in [2.24, 2.45) is 0 Å². The van der Waals surface area contributed by atoms with Crippen molar-refractivity contribution < 1.29 is 4.39 Å². The van der Waals surface area contributed by atoms with Crippen LogP contribution < -0.4 is 5.32 Å². The Bertz CT molecular complexity index is 369. The lowest BCUT2D eigenvalue weighted by Crippen LogP contribution is -2.19. The molecule has 90 valence electrons. The normalized spacial score (nSPS) is 11.6. The number of rotatable bonds is 3. The van der Waals surface area contributed by atoms with Gasteiger partial charge in [0.25, 0.3) is 0 Å². The number of nitrogens with zero attached hydrogens (tertiary/aromatic N) is 2. The number of aromatic nitrogens is 2. The van der Waals surface area contributed by atoms with Gasteiger partial charge in [0.2, 0.25) is 0 Å². The minimum atomic E-state index is -0.346. The molecule has 0 aromatic carbocycles. The highest BCUT2D eigenvalue weighted by Gasteiger charge is 2.20. The van der Waals surface area contributed by atoms with Gasteiger partial charge in [-0.15, -0.1) is 0 Å². The van der Waals surface area contributed by atoms with E-state index >= 15 is 0 Å². The second-order valence-corrected chi connectivity index (χ2v) is 4.97. The average molecular weight is 225 g/mol. The van der Waals surface area contributed by atoms with Crippen molar-refractivity contribution in [2.45, 2.75) is 46.5 Å². The summed E-state index contributed by atoms with van der Waals surface area (Å²) in [7, 11) is 0. The third-order valence-corrected chi connectivity index (χ3v) is 2.23. The first-order chi connectivity index (χ1) is 7.36. The molecule has 4 heteroatoms. The maximum absolute atomic E-state index is 13.7. The minimum Gasteiger partial charge on any atom is -0.368 e. The van der Waals surface area contributed by atoms with Crippen molar-refractivity contribution in [1.82, 2.24) is 9.97 Å². The van der Waals surface area contributed by atoms with Crippen molar-refractivity contribution in [3.05, 3.63) is 17.3 Å². The quantitative estimate of drug-likeness (QED) is 0.859. The van der Waals surface area contributed by atoms with Gasteiger partial charge < -0.3 is 5.32 Å². The number of hydrogen-bond acceptors (Lipinski definition) is 3. The standard InChI is InChI=1S/C12H20FN3/c1-6-7-14-10-9(13)8(2)15-11(16-10)12(3,4)5/h6-7H2,1-5H3,(H,14,15,16). The first-order valence-electron chi connectivity index (χ1n) is 5.64. The molecule has 0 aliphatic rings. The highest BCUT2D eigenvalue weighted by Crippen LogP contribution is 2.22. The molecule has 1 N–H and O–H groups in total. The van der Waals surface area contributed by atoms with Crippen LogP contribution in [-0.2, 0) is 5.41 Å². The van der Waals surface area contributed by atoms with Gasteiger partial charge in [-0.1, -0.05) is 27.7 Å². The van der Waals surface area contributed by atoms with Crippen molar-refractivity contribution in [1.29, 1.82) is 0 Å². The predicted molar refractivity (Wildman–Crippen MR) is 64.2 cm³/mol. The van der Waals surface area contributed by atoms with Gasteiger partial charge in [-0.3, -0.25) is 0 Å². The summed E-state index contributed by atoms with van der Waals surface area (Å²) < 4.78 is 13.7. The Labute approximate surface area is 96.5 Å². The second-order valence-electron chi connectivity index (χ2n) is 4.97. The Morgan fingerprint density at radius 2 is 1.88 bits per heavy atom. The fourth-order valence-electron chi connectivity index (χ4n) is 1.26. The highest BCUT2D eigenvalue weighted by atomic mass is 19.1. The number of halogens is 1. The molecular weight excluding hydrogens is 205 g/mol. The molecule has 0 aliphatic carbocycles. The summed E-state index contributed by atoms with van der Waals surface area (Å²) in [6.07, 6.45) is 0.938. The van der Waals surface area contributed by atoms with E-state index in [0.717, 1.165) is 13.0 Å². The fourth-order valence-corrected chi connectivity index (χ4v) is 1.26. The van der Waals surface area contributed by atoms with Crippen LogP contribution in [0, 0.1) is 12.7 Å². The molecule has 3 nitrogen and oxygen atoms in total. The van der Waals surface area contributed by atoms with Gasteiger partial charge in [0.15, 0.2) is 11.6 Å². The zero-order valence-electron chi connectivity index (χ0n) is 10.7. The molecule has 16 heavy (non-hydrogen) atoms. The maximum atomic E-state index is 13.7. The summed E-state index contributed by atoms with van der Waals surface area (Å²) in [4.78, 5) is 8.43. The number of hydrogen-bond donors (Lipinski definition) is 1. The van der Waals surface area contributed by atoms with Gasteiger partial charge in [-0.05, 0) is 13.3 Å². The monoisotopic (exact) mass is 225 g/mol. The summed E-state index contributed by atoms with van der Waals surface area (Å²) in [6.45, 7) is 10.5. The summed E-state index contributed by atoms with van der Waals surface area (Å²) in [5.74, 6) is 0.644. The summed E-state index contributed by atoms with van der Waals surface area (Å²) in [5.41, 5.74) is 0.236. The molecule has 0 radical (unpaired) electrons. The van der Waals surface area contributed by atoms with E-state index in [9.17, 15) is 4.39 Å². The topological polar surface area (TPSA) is 37.8 Å². The number of aryl methyl sites for hydroxylation is 1. The molecule has 0 saturated heterocycles. The van der Waals surface area contributed by atoms with E-state index in [1.165, 1.54) is 0 Å². The van der Waals surface area contributed by atoms with Gasteiger partial charge in [-0.2, -0.15) is 0 Å². The molecule has 1 aromatic rings. The van der Waals surface area contributed by atoms with Crippen LogP contribution in [0.3, 0.4) is 0 Å². The van der Waals surface area contributed by atoms with Crippen molar-refractivity contribution in [3.63, 3.8) is 0 Å². The minimum absolute atomic E-state index is 0.166. The molecule has 0 atom stereocenters. The van der Waals surface area contributed by atoms with Crippen LogP contribution >= 0.6 is 0 Å². The van der Waals surface area contributed by atoms with Crippen LogP contribution in [0.5, 0.6) is 0 Å². The van der Waals surface area contributed by atoms with Gasteiger partial charge in [-0.25, -0.2) is 14.4 Å². The first kappa shape index (κ1) is 12.9. The van der Waals surface area contributed by atoms with Gasteiger partial charge >= 0.3 is 0 Å². The Hall–Kier alpha value is -1.19. The van der Waals surface area contributed by atoms with E-state index in [1.54, 1.807) is 6.92 Å². The molecule has 1 heterocycles. The van der Waals surface area contributed by atoms with Crippen LogP contribution in [0.1, 0.15) is 45.6 Å². The second kappa shape index (κ2) is 4.76. The van der Waals surface area contributed by atoms with Crippen molar-refractivity contribution in [2.75, 3.05) is 11.9 Å². The molecule has 1 aromatic heterocycles. The fraction of sp³-hybridized carbons (Fsp3) is 0.667. The summed E-state index contributed by atoms with van der Waals surface area (Å²) in [6, 6.07) is 0. The number of anilines is 1. The molecule has 0 unspecified atom stereocenters. The average Bonchev–Trinajstić information content (AvgIpc) is 2.18.